The first-order valence-electron chi connectivity index (χ1n) is 4.86. The summed E-state index contributed by atoms with van der Waals surface area (Å²) < 4.78 is 14.3. The predicted octanol–water partition coefficient (Wildman–Crippen LogP) is 1.64. The molecule has 1 aromatic rings. The Morgan fingerprint density at radius 3 is 2.69 bits per heavy atom. The molecule has 1 aromatic carbocycles. The van der Waals surface area contributed by atoms with Gasteiger partial charge < -0.3 is 10.0 Å². The van der Waals surface area contributed by atoms with E-state index in [0.717, 1.165) is 3.57 Å². The van der Waals surface area contributed by atoms with E-state index in [1.54, 1.807) is 13.0 Å². The van der Waals surface area contributed by atoms with Gasteiger partial charge in [-0.1, -0.05) is 0 Å². The fourth-order valence-electron chi connectivity index (χ4n) is 1.75. The SMILES string of the molecule is CC1(O)CN(C(=O)c2ccc(I)cc2F)C1. The Hall–Kier alpha value is -0.690. The van der Waals surface area contributed by atoms with E-state index < -0.39 is 11.4 Å². The highest BCUT2D eigenvalue weighted by atomic mass is 127. The molecule has 5 heteroatoms. The molecule has 0 spiro atoms. The van der Waals surface area contributed by atoms with Crippen molar-refractivity contribution in [2.24, 2.45) is 0 Å². The number of benzene rings is 1. The zero-order valence-corrected chi connectivity index (χ0v) is 10.9. The fraction of sp³-hybridized carbons (Fsp3) is 0.364. The van der Waals surface area contributed by atoms with E-state index in [1.165, 1.54) is 17.0 Å². The maximum Gasteiger partial charge on any atom is 0.257 e. The third-order valence-electron chi connectivity index (χ3n) is 2.51. The average Bonchev–Trinajstić information content (AvgIpc) is 2.13. The summed E-state index contributed by atoms with van der Waals surface area (Å²) in [5.41, 5.74) is -0.758. The molecule has 2 rings (SSSR count). The van der Waals surface area contributed by atoms with Crippen LogP contribution in [0.1, 0.15) is 17.3 Å². The molecule has 86 valence electrons. The van der Waals surface area contributed by atoms with Crippen LogP contribution in [0.2, 0.25) is 0 Å². The van der Waals surface area contributed by atoms with Crippen LogP contribution in [0.3, 0.4) is 0 Å². The number of likely N-dealkylation sites (tertiary alicyclic amines) is 1. The third-order valence-corrected chi connectivity index (χ3v) is 3.18. The predicted molar refractivity (Wildman–Crippen MR) is 65.6 cm³/mol. The second-order valence-electron chi connectivity index (χ2n) is 4.28. The molecule has 1 amide bonds. The van der Waals surface area contributed by atoms with Crippen molar-refractivity contribution in [2.75, 3.05) is 13.1 Å². The standard InChI is InChI=1S/C11H11FINO2/c1-11(16)5-14(6-11)10(15)8-3-2-7(13)4-9(8)12/h2-4,16H,5-6H2,1H3. The van der Waals surface area contributed by atoms with Crippen LogP contribution in [0.25, 0.3) is 0 Å². The molecule has 0 aromatic heterocycles. The number of β-amino-alcohol motifs (C(OH)–C–C–N with tert-alkyl or cyclic N) is 1. The highest BCUT2D eigenvalue weighted by Crippen LogP contribution is 2.23. The minimum Gasteiger partial charge on any atom is -0.386 e. The molecule has 1 N–H and O–H groups in total. The number of halogens is 2. The second kappa shape index (κ2) is 3.96. The largest absolute Gasteiger partial charge is 0.386 e. The fourth-order valence-corrected chi connectivity index (χ4v) is 2.21. The summed E-state index contributed by atoms with van der Waals surface area (Å²) >= 11 is 1.99. The molecule has 0 saturated carbocycles. The maximum absolute atomic E-state index is 13.5. The average molecular weight is 335 g/mol. The molecule has 0 unspecified atom stereocenters. The van der Waals surface area contributed by atoms with E-state index in [1.807, 2.05) is 22.6 Å². The first-order valence-corrected chi connectivity index (χ1v) is 5.94. The highest BCUT2D eigenvalue weighted by molar-refractivity contribution is 14.1. The number of rotatable bonds is 1. The molecule has 0 aliphatic carbocycles. The molecule has 1 aliphatic rings. The first-order chi connectivity index (χ1) is 7.39. The summed E-state index contributed by atoms with van der Waals surface area (Å²) in [6.07, 6.45) is 0. The number of carbonyl (C=O) groups is 1. The van der Waals surface area contributed by atoms with Crippen LogP contribution < -0.4 is 0 Å². The van der Waals surface area contributed by atoms with Crippen LogP contribution in [0.15, 0.2) is 18.2 Å². The van der Waals surface area contributed by atoms with Gasteiger partial charge in [0.05, 0.1) is 24.3 Å². The van der Waals surface area contributed by atoms with Crippen LogP contribution in [-0.2, 0) is 0 Å². The quantitative estimate of drug-likeness (QED) is 0.793. The molecule has 0 atom stereocenters. The van der Waals surface area contributed by atoms with E-state index in [4.69, 9.17) is 0 Å². The Balaban J connectivity index is 2.16. The Labute approximate surface area is 106 Å². The van der Waals surface area contributed by atoms with Crippen LogP contribution >= 0.6 is 22.6 Å². The molecule has 16 heavy (non-hydrogen) atoms. The zero-order chi connectivity index (χ0) is 11.9. The van der Waals surface area contributed by atoms with Crippen LogP contribution in [0.4, 0.5) is 4.39 Å². The zero-order valence-electron chi connectivity index (χ0n) is 8.70. The number of hydrogen-bond donors (Lipinski definition) is 1. The van der Waals surface area contributed by atoms with E-state index >= 15 is 0 Å². The van der Waals surface area contributed by atoms with Gasteiger partial charge in [0.15, 0.2) is 0 Å². The highest BCUT2D eigenvalue weighted by Gasteiger charge is 2.40. The van der Waals surface area contributed by atoms with Crippen molar-refractivity contribution >= 4 is 28.5 Å². The summed E-state index contributed by atoms with van der Waals surface area (Å²) in [4.78, 5) is 13.3. The molecule has 1 heterocycles. The molecule has 3 nitrogen and oxygen atoms in total. The molecule has 1 aliphatic heterocycles. The Morgan fingerprint density at radius 2 is 2.19 bits per heavy atom. The van der Waals surface area contributed by atoms with Crippen molar-refractivity contribution in [3.05, 3.63) is 33.1 Å². The molecule has 0 bridgehead atoms. The lowest BCUT2D eigenvalue weighted by Crippen LogP contribution is -2.61. The molecular weight excluding hydrogens is 324 g/mol. The van der Waals surface area contributed by atoms with Gasteiger partial charge in [0.2, 0.25) is 0 Å². The number of aliphatic hydroxyl groups is 1. The lowest BCUT2D eigenvalue weighted by molar-refractivity contribution is -0.0670. The Bertz CT molecular complexity index is 440. The van der Waals surface area contributed by atoms with Crippen LogP contribution in [-0.4, -0.2) is 34.6 Å². The lowest BCUT2D eigenvalue weighted by Gasteiger charge is -2.44. The first kappa shape index (κ1) is 11.8. The number of amides is 1. The van der Waals surface area contributed by atoms with E-state index in [2.05, 4.69) is 0 Å². The summed E-state index contributed by atoms with van der Waals surface area (Å²) in [5.74, 6) is -0.871. The molecular formula is C11H11FINO2. The Morgan fingerprint density at radius 1 is 1.56 bits per heavy atom. The third kappa shape index (κ3) is 2.20. The minimum absolute atomic E-state index is 0.0657. The Kier molecular flexibility index (Phi) is 2.91. The van der Waals surface area contributed by atoms with Crippen LogP contribution in [0.5, 0.6) is 0 Å². The van der Waals surface area contributed by atoms with Gasteiger partial charge in [-0.25, -0.2) is 4.39 Å². The van der Waals surface area contributed by atoms with E-state index in [0.29, 0.717) is 0 Å². The van der Waals surface area contributed by atoms with Crippen LogP contribution in [0, 0.1) is 9.39 Å². The number of nitrogens with zero attached hydrogens (tertiary/aromatic N) is 1. The normalized spacial score (nSPS) is 18.1. The van der Waals surface area contributed by atoms with E-state index in [9.17, 15) is 14.3 Å². The van der Waals surface area contributed by atoms with Gasteiger partial charge in [-0.2, -0.15) is 0 Å². The molecule has 1 fully saturated rings. The van der Waals surface area contributed by atoms with Crippen molar-refractivity contribution in [3.8, 4) is 0 Å². The van der Waals surface area contributed by atoms with Gasteiger partial charge in [-0.3, -0.25) is 4.79 Å². The van der Waals surface area contributed by atoms with Gasteiger partial charge in [0, 0.05) is 3.57 Å². The lowest BCUT2D eigenvalue weighted by atomic mass is 9.96. The van der Waals surface area contributed by atoms with Gasteiger partial charge in [-0.15, -0.1) is 0 Å². The van der Waals surface area contributed by atoms with Crippen molar-refractivity contribution in [1.82, 2.24) is 4.90 Å². The molecule has 0 radical (unpaired) electrons. The maximum atomic E-state index is 13.5. The van der Waals surface area contributed by atoms with Crippen molar-refractivity contribution < 1.29 is 14.3 Å². The second-order valence-corrected chi connectivity index (χ2v) is 5.53. The van der Waals surface area contributed by atoms with Gasteiger partial charge in [0.25, 0.3) is 5.91 Å². The smallest absolute Gasteiger partial charge is 0.257 e. The van der Waals surface area contributed by atoms with Gasteiger partial charge in [0.1, 0.15) is 5.82 Å². The van der Waals surface area contributed by atoms with Gasteiger partial charge in [-0.05, 0) is 47.7 Å². The number of hydrogen-bond acceptors (Lipinski definition) is 2. The van der Waals surface area contributed by atoms with Gasteiger partial charge >= 0.3 is 0 Å². The van der Waals surface area contributed by atoms with E-state index in [-0.39, 0.29) is 24.6 Å². The number of carbonyl (C=O) groups excluding carboxylic acids is 1. The molecule has 1 saturated heterocycles. The van der Waals surface area contributed by atoms with Crippen molar-refractivity contribution in [3.63, 3.8) is 0 Å². The van der Waals surface area contributed by atoms with Crippen molar-refractivity contribution in [2.45, 2.75) is 12.5 Å². The summed E-state index contributed by atoms with van der Waals surface area (Å²) in [7, 11) is 0. The monoisotopic (exact) mass is 335 g/mol. The topological polar surface area (TPSA) is 40.5 Å². The summed E-state index contributed by atoms with van der Waals surface area (Å²) in [6, 6.07) is 4.49. The van der Waals surface area contributed by atoms with Crippen molar-refractivity contribution in [1.29, 1.82) is 0 Å². The minimum atomic E-state index is -0.824. The summed E-state index contributed by atoms with van der Waals surface area (Å²) in [5, 5.41) is 9.50. The summed E-state index contributed by atoms with van der Waals surface area (Å²) in [6.45, 7) is 2.18.